The van der Waals surface area contributed by atoms with E-state index >= 15 is 0 Å². The summed E-state index contributed by atoms with van der Waals surface area (Å²) in [6, 6.07) is 12.3. The van der Waals surface area contributed by atoms with Gasteiger partial charge in [-0.15, -0.1) is 5.10 Å². The normalized spacial score (nSPS) is 15.7. The van der Waals surface area contributed by atoms with E-state index in [4.69, 9.17) is 0 Å². The van der Waals surface area contributed by atoms with Crippen LogP contribution in [0.4, 0.5) is 11.4 Å². The van der Waals surface area contributed by atoms with E-state index in [1.54, 1.807) is 16.8 Å². The van der Waals surface area contributed by atoms with Crippen molar-refractivity contribution in [2.45, 2.75) is 46.2 Å². The number of nitrogens with zero attached hydrogens (tertiary/aromatic N) is 7. The van der Waals surface area contributed by atoms with Crippen molar-refractivity contribution in [2.75, 3.05) is 31.1 Å². The van der Waals surface area contributed by atoms with Crippen molar-refractivity contribution in [1.29, 1.82) is 0 Å². The van der Waals surface area contributed by atoms with Crippen molar-refractivity contribution in [3.05, 3.63) is 85.4 Å². The number of hydrogen-bond donors (Lipinski definition) is 1. The maximum Gasteiger partial charge on any atom is 0.269 e. The molecule has 2 aromatic heterocycles. The number of nitro benzene ring substituents is 1. The highest BCUT2D eigenvalue weighted by Crippen LogP contribution is 2.32. The first-order chi connectivity index (χ1) is 18.0. The van der Waals surface area contributed by atoms with E-state index in [0.717, 1.165) is 27.7 Å². The van der Waals surface area contributed by atoms with E-state index in [1.807, 2.05) is 39.8 Å². The predicted molar refractivity (Wildman–Crippen MR) is 146 cm³/mol. The lowest BCUT2D eigenvalue weighted by Crippen LogP contribution is -2.49. The van der Waals surface area contributed by atoms with Crippen LogP contribution in [0.1, 0.15) is 49.3 Å². The number of aromatic amines is 1. The van der Waals surface area contributed by atoms with Gasteiger partial charge >= 0.3 is 0 Å². The largest absolute Gasteiger partial charge is 0.369 e. The van der Waals surface area contributed by atoms with Crippen molar-refractivity contribution in [2.24, 2.45) is 0 Å². The molecule has 1 saturated heterocycles. The summed E-state index contributed by atoms with van der Waals surface area (Å²) in [6.45, 7) is 12.9. The Bertz CT molecular complexity index is 1540. The molecule has 1 N–H and O–H groups in total. The number of H-pyrrole nitrogens is 1. The Balaban J connectivity index is 1.53. The number of aromatic nitrogens is 5. The molecule has 38 heavy (non-hydrogen) atoms. The maximum atomic E-state index is 13.5. The number of rotatable bonds is 5. The van der Waals surface area contributed by atoms with Crippen LogP contribution in [0.2, 0.25) is 0 Å². The summed E-state index contributed by atoms with van der Waals surface area (Å²) >= 11 is 0. The molecule has 0 aliphatic carbocycles. The summed E-state index contributed by atoms with van der Waals surface area (Å²) in [5.41, 5.74) is 4.07. The van der Waals surface area contributed by atoms with E-state index in [-0.39, 0.29) is 16.8 Å². The first-order valence-electron chi connectivity index (χ1n) is 12.7. The Morgan fingerprint density at radius 2 is 1.71 bits per heavy atom. The lowest BCUT2D eigenvalue weighted by atomic mass is 9.98. The lowest BCUT2D eigenvalue weighted by molar-refractivity contribution is -0.384. The Morgan fingerprint density at radius 1 is 1.03 bits per heavy atom. The lowest BCUT2D eigenvalue weighted by Gasteiger charge is -2.40. The van der Waals surface area contributed by atoms with Crippen LogP contribution >= 0.6 is 0 Å². The third-order valence-electron chi connectivity index (χ3n) is 7.11. The van der Waals surface area contributed by atoms with E-state index in [1.165, 1.54) is 12.1 Å². The molecule has 1 aliphatic heterocycles. The highest BCUT2D eigenvalue weighted by molar-refractivity contribution is 5.83. The second-order valence-corrected chi connectivity index (χ2v) is 10.9. The van der Waals surface area contributed by atoms with Gasteiger partial charge in [0, 0.05) is 60.5 Å². The van der Waals surface area contributed by atoms with E-state index in [2.05, 4.69) is 43.3 Å². The minimum Gasteiger partial charge on any atom is -0.369 e. The van der Waals surface area contributed by atoms with Crippen LogP contribution in [-0.4, -0.2) is 61.2 Å². The molecule has 2 aromatic carbocycles. The molecule has 1 aliphatic rings. The fourth-order valence-corrected chi connectivity index (χ4v) is 5.26. The summed E-state index contributed by atoms with van der Waals surface area (Å²) in [6.07, 6.45) is 0. The minimum atomic E-state index is -0.447. The second-order valence-electron chi connectivity index (χ2n) is 10.9. The van der Waals surface area contributed by atoms with Crippen LogP contribution in [-0.2, 0) is 5.54 Å². The van der Waals surface area contributed by atoms with Gasteiger partial charge in [0.1, 0.15) is 6.04 Å². The number of anilines is 1. The number of nitro groups is 1. The first kappa shape index (κ1) is 25.5. The third kappa shape index (κ3) is 4.76. The van der Waals surface area contributed by atoms with Gasteiger partial charge in [0.25, 0.3) is 11.2 Å². The smallest absolute Gasteiger partial charge is 0.269 e. The van der Waals surface area contributed by atoms with Crippen LogP contribution in [0, 0.1) is 24.0 Å². The highest BCUT2D eigenvalue weighted by atomic mass is 16.6. The molecule has 0 amide bonds. The topological polar surface area (TPSA) is 126 Å². The van der Waals surface area contributed by atoms with E-state index < -0.39 is 11.0 Å². The molecule has 4 aromatic rings. The van der Waals surface area contributed by atoms with Crippen LogP contribution in [0.5, 0.6) is 0 Å². The SMILES string of the molecule is Cc1cc(C)c2cc([C@H](c3nnnn3C(C)(C)C)N3CCN(c4ccc([N+](=O)[O-])cc4)CC3)c(=O)[nH]c2c1. The number of nitrogens with one attached hydrogen (secondary N) is 1. The monoisotopic (exact) mass is 516 g/mol. The number of tetrazole rings is 1. The molecule has 1 atom stereocenters. The zero-order valence-corrected chi connectivity index (χ0v) is 22.3. The van der Waals surface area contributed by atoms with Crippen molar-refractivity contribution >= 4 is 22.3 Å². The van der Waals surface area contributed by atoms with E-state index in [0.29, 0.717) is 37.6 Å². The molecular formula is C27H32N8O3. The Hall–Kier alpha value is -4.12. The number of aryl methyl sites for hydroxylation is 2. The number of benzene rings is 2. The van der Waals surface area contributed by atoms with Crippen LogP contribution in [0.15, 0.2) is 47.3 Å². The van der Waals surface area contributed by atoms with Gasteiger partial charge < -0.3 is 9.88 Å². The van der Waals surface area contributed by atoms with Gasteiger partial charge in [-0.2, -0.15) is 0 Å². The average Bonchev–Trinajstić information content (AvgIpc) is 3.35. The van der Waals surface area contributed by atoms with Gasteiger partial charge in [-0.3, -0.25) is 19.8 Å². The summed E-state index contributed by atoms with van der Waals surface area (Å²) in [4.78, 5) is 31.7. The summed E-state index contributed by atoms with van der Waals surface area (Å²) in [5, 5.41) is 24.7. The van der Waals surface area contributed by atoms with Crippen molar-refractivity contribution in [3.63, 3.8) is 0 Å². The fraction of sp³-hybridized carbons (Fsp3) is 0.407. The molecule has 3 heterocycles. The Labute approximate surface area is 220 Å². The number of piperazine rings is 1. The van der Waals surface area contributed by atoms with Crippen LogP contribution < -0.4 is 10.5 Å². The van der Waals surface area contributed by atoms with Crippen LogP contribution in [0.3, 0.4) is 0 Å². The molecule has 0 unspecified atom stereocenters. The van der Waals surface area contributed by atoms with Crippen molar-refractivity contribution in [3.8, 4) is 0 Å². The molecule has 11 heteroatoms. The quantitative estimate of drug-likeness (QED) is 0.314. The number of hydrogen-bond acceptors (Lipinski definition) is 8. The molecule has 0 radical (unpaired) electrons. The highest BCUT2D eigenvalue weighted by Gasteiger charge is 2.35. The van der Waals surface area contributed by atoms with Crippen LogP contribution in [0.25, 0.3) is 10.9 Å². The van der Waals surface area contributed by atoms with Gasteiger partial charge in [-0.05, 0) is 80.4 Å². The van der Waals surface area contributed by atoms with Gasteiger partial charge in [0.15, 0.2) is 5.82 Å². The molecule has 11 nitrogen and oxygen atoms in total. The molecule has 198 valence electrons. The molecule has 5 rings (SSSR count). The molecule has 0 spiro atoms. The molecule has 0 saturated carbocycles. The second kappa shape index (κ2) is 9.64. The zero-order valence-electron chi connectivity index (χ0n) is 22.3. The minimum absolute atomic E-state index is 0.0717. The summed E-state index contributed by atoms with van der Waals surface area (Å²) in [7, 11) is 0. The van der Waals surface area contributed by atoms with Gasteiger partial charge in [0.2, 0.25) is 0 Å². The maximum absolute atomic E-state index is 13.5. The molecule has 0 bridgehead atoms. The number of pyridine rings is 1. The molecule has 1 fully saturated rings. The zero-order chi connectivity index (χ0) is 27.2. The van der Waals surface area contributed by atoms with Gasteiger partial charge in [0.05, 0.1) is 10.5 Å². The number of non-ortho nitro benzene ring substituents is 1. The summed E-state index contributed by atoms with van der Waals surface area (Å²) < 4.78 is 1.80. The Kier molecular flexibility index (Phi) is 6.47. The average molecular weight is 517 g/mol. The molecular weight excluding hydrogens is 484 g/mol. The van der Waals surface area contributed by atoms with Gasteiger partial charge in [-0.25, -0.2) is 4.68 Å². The fourth-order valence-electron chi connectivity index (χ4n) is 5.26. The van der Waals surface area contributed by atoms with Crippen molar-refractivity contribution < 1.29 is 4.92 Å². The summed E-state index contributed by atoms with van der Waals surface area (Å²) in [5.74, 6) is 0.621. The van der Waals surface area contributed by atoms with Gasteiger partial charge in [-0.1, -0.05) is 6.07 Å². The predicted octanol–water partition coefficient (Wildman–Crippen LogP) is 3.71. The third-order valence-corrected chi connectivity index (χ3v) is 7.11. The standard InChI is InChI=1S/C27H32N8O3/c1-17-14-18(2)21-16-22(26(36)28-23(21)15-17)24(25-29-30-31-34(25)27(3,4)5)33-12-10-32(11-13-33)19-6-8-20(9-7-19)35(37)38/h6-9,14-16,24H,10-13H2,1-5H3,(H,28,36)/t24-/m1/s1. The van der Waals surface area contributed by atoms with Crippen molar-refractivity contribution in [1.82, 2.24) is 30.1 Å². The number of fused-ring (bicyclic) bond motifs is 1. The Morgan fingerprint density at radius 3 is 2.34 bits per heavy atom. The van der Waals surface area contributed by atoms with E-state index in [9.17, 15) is 14.9 Å². The first-order valence-corrected chi connectivity index (χ1v) is 12.7.